The first-order chi connectivity index (χ1) is 9.11. The highest BCUT2D eigenvalue weighted by molar-refractivity contribution is 7.99. The Morgan fingerprint density at radius 2 is 2.32 bits per heavy atom. The molecule has 0 aliphatic heterocycles. The smallest absolute Gasteiger partial charge is 0.316 e. The zero-order valence-electron chi connectivity index (χ0n) is 10.5. The number of ether oxygens (including phenoxy) is 1. The molecule has 1 aromatic carbocycles. The second-order valence-corrected chi connectivity index (χ2v) is 5.13. The van der Waals surface area contributed by atoms with E-state index in [1.807, 2.05) is 25.1 Å². The zero-order chi connectivity index (χ0) is 13.8. The molecule has 0 atom stereocenters. The van der Waals surface area contributed by atoms with Gasteiger partial charge in [0.2, 0.25) is 0 Å². The van der Waals surface area contributed by atoms with Crippen LogP contribution in [0.25, 0.3) is 5.69 Å². The van der Waals surface area contributed by atoms with E-state index in [4.69, 9.17) is 11.6 Å². The van der Waals surface area contributed by atoms with Crippen LogP contribution in [0, 0.1) is 6.92 Å². The number of carbonyl (C=O) groups is 1. The van der Waals surface area contributed by atoms with E-state index in [9.17, 15) is 4.79 Å². The first-order valence-electron chi connectivity index (χ1n) is 5.48. The van der Waals surface area contributed by atoms with E-state index >= 15 is 0 Å². The molecule has 0 aliphatic carbocycles. The number of methoxy groups -OCH3 is 1. The molecular weight excluding hydrogens is 286 g/mol. The average molecular weight is 298 g/mol. The van der Waals surface area contributed by atoms with Gasteiger partial charge in [-0.15, -0.1) is 10.2 Å². The maximum atomic E-state index is 11.1. The van der Waals surface area contributed by atoms with Crippen molar-refractivity contribution in [1.82, 2.24) is 14.8 Å². The van der Waals surface area contributed by atoms with Crippen LogP contribution in [0.2, 0.25) is 5.02 Å². The molecule has 1 aromatic heterocycles. The number of rotatable bonds is 4. The van der Waals surface area contributed by atoms with E-state index in [1.54, 1.807) is 10.9 Å². The molecule has 5 nitrogen and oxygen atoms in total. The highest BCUT2D eigenvalue weighted by Gasteiger charge is 2.10. The number of thioether (sulfide) groups is 1. The Labute approximate surface area is 119 Å². The SMILES string of the molecule is COC(=O)CSc1nncn1-c1ccc(C)c(Cl)c1. The third-order valence-corrected chi connectivity index (χ3v) is 3.82. The lowest BCUT2D eigenvalue weighted by molar-refractivity contribution is -0.137. The van der Waals surface area contributed by atoms with Gasteiger partial charge in [-0.25, -0.2) is 0 Å². The van der Waals surface area contributed by atoms with E-state index in [0.29, 0.717) is 10.2 Å². The lowest BCUT2D eigenvalue weighted by atomic mass is 10.2. The Kier molecular flexibility index (Phi) is 4.44. The lowest BCUT2D eigenvalue weighted by Gasteiger charge is -2.07. The highest BCUT2D eigenvalue weighted by Crippen LogP contribution is 2.23. The second kappa shape index (κ2) is 6.08. The summed E-state index contributed by atoms with van der Waals surface area (Å²) in [7, 11) is 1.35. The van der Waals surface area contributed by atoms with Crippen LogP contribution in [-0.2, 0) is 9.53 Å². The minimum Gasteiger partial charge on any atom is -0.468 e. The van der Waals surface area contributed by atoms with Gasteiger partial charge >= 0.3 is 5.97 Å². The number of hydrogen-bond donors (Lipinski definition) is 0. The number of halogens is 1. The number of esters is 1. The summed E-state index contributed by atoms with van der Waals surface area (Å²) in [6.45, 7) is 1.94. The van der Waals surface area contributed by atoms with Gasteiger partial charge in [-0.1, -0.05) is 29.4 Å². The van der Waals surface area contributed by atoms with Crippen molar-refractivity contribution >= 4 is 29.3 Å². The first-order valence-corrected chi connectivity index (χ1v) is 6.84. The van der Waals surface area contributed by atoms with E-state index < -0.39 is 0 Å². The molecule has 0 saturated carbocycles. The van der Waals surface area contributed by atoms with Crippen LogP contribution in [0.5, 0.6) is 0 Å². The normalized spacial score (nSPS) is 10.5. The second-order valence-electron chi connectivity index (χ2n) is 3.78. The van der Waals surface area contributed by atoms with Gasteiger partial charge in [-0.05, 0) is 24.6 Å². The van der Waals surface area contributed by atoms with E-state index in [1.165, 1.54) is 18.9 Å². The number of nitrogens with zero attached hydrogens (tertiary/aromatic N) is 3. The summed E-state index contributed by atoms with van der Waals surface area (Å²) in [5.41, 5.74) is 1.86. The molecule has 2 rings (SSSR count). The number of benzene rings is 1. The topological polar surface area (TPSA) is 57.0 Å². The molecular formula is C12H12ClN3O2S. The van der Waals surface area contributed by atoms with Gasteiger partial charge in [-0.2, -0.15) is 0 Å². The van der Waals surface area contributed by atoms with Gasteiger partial charge in [0.1, 0.15) is 6.33 Å². The van der Waals surface area contributed by atoms with Crippen molar-refractivity contribution in [3.8, 4) is 5.69 Å². The van der Waals surface area contributed by atoms with E-state index in [2.05, 4.69) is 14.9 Å². The molecule has 0 unspecified atom stereocenters. The summed E-state index contributed by atoms with van der Waals surface area (Å²) >= 11 is 7.36. The maximum absolute atomic E-state index is 11.1. The summed E-state index contributed by atoms with van der Waals surface area (Å²) in [6, 6.07) is 5.68. The zero-order valence-corrected chi connectivity index (χ0v) is 12.0. The molecule has 1 heterocycles. The standard InChI is InChI=1S/C12H12ClN3O2S/c1-8-3-4-9(5-10(8)13)16-7-14-15-12(16)19-6-11(17)18-2/h3-5,7H,6H2,1-2H3. The van der Waals surface area contributed by atoms with Crippen LogP contribution in [0.4, 0.5) is 0 Å². The molecule has 0 bridgehead atoms. The molecule has 19 heavy (non-hydrogen) atoms. The molecule has 0 saturated heterocycles. The minimum atomic E-state index is -0.304. The Bertz CT molecular complexity index is 600. The van der Waals surface area contributed by atoms with Crippen molar-refractivity contribution in [3.05, 3.63) is 35.1 Å². The molecule has 0 fully saturated rings. The van der Waals surface area contributed by atoms with Crippen LogP contribution in [0.1, 0.15) is 5.56 Å². The van der Waals surface area contributed by atoms with Crippen molar-refractivity contribution in [2.75, 3.05) is 12.9 Å². The van der Waals surface area contributed by atoms with Gasteiger partial charge < -0.3 is 4.74 Å². The molecule has 100 valence electrons. The fraction of sp³-hybridized carbons (Fsp3) is 0.250. The summed E-state index contributed by atoms with van der Waals surface area (Å²) in [6.07, 6.45) is 1.58. The van der Waals surface area contributed by atoms with Crippen molar-refractivity contribution < 1.29 is 9.53 Å². The molecule has 7 heteroatoms. The van der Waals surface area contributed by atoms with Crippen LogP contribution in [0.15, 0.2) is 29.7 Å². The summed E-state index contributed by atoms with van der Waals surface area (Å²) < 4.78 is 6.37. The fourth-order valence-electron chi connectivity index (χ4n) is 1.41. The summed E-state index contributed by atoms with van der Waals surface area (Å²) in [4.78, 5) is 11.1. The van der Waals surface area contributed by atoms with Gasteiger partial charge in [0.15, 0.2) is 5.16 Å². The van der Waals surface area contributed by atoms with Gasteiger partial charge in [0.25, 0.3) is 0 Å². The van der Waals surface area contributed by atoms with Crippen LogP contribution in [-0.4, -0.2) is 33.6 Å². The predicted octanol–water partition coefficient (Wildman–Crippen LogP) is 2.49. The molecule has 0 amide bonds. The van der Waals surface area contributed by atoms with Crippen LogP contribution in [0.3, 0.4) is 0 Å². The third kappa shape index (κ3) is 3.27. The van der Waals surface area contributed by atoms with Crippen molar-refractivity contribution in [3.63, 3.8) is 0 Å². The molecule has 0 spiro atoms. The Hall–Kier alpha value is -1.53. The molecule has 0 N–H and O–H groups in total. The van der Waals surface area contributed by atoms with Gasteiger partial charge in [0.05, 0.1) is 18.6 Å². The first kappa shape index (κ1) is 13.9. The van der Waals surface area contributed by atoms with E-state index in [0.717, 1.165) is 11.3 Å². The largest absolute Gasteiger partial charge is 0.468 e. The van der Waals surface area contributed by atoms with Crippen molar-refractivity contribution in [2.24, 2.45) is 0 Å². The molecule has 0 aliphatic rings. The average Bonchev–Trinajstić information content (AvgIpc) is 2.87. The minimum absolute atomic E-state index is 0.189. The van der Waals surface area contributed by atoms with Gasteiger partial charge in [-0.3, -0.25) is 9.36 Å². The predicted molar refractivity (Wildman–Crippen MR) is 73.8 cm³/mol. The number of aryl methyl sites for hydroxylation is 1. The number of aromatic nitrogens is 3. The quantitative estimate of drug-likeness (QED) is 0.641. The molecule has 2 aromatic rings. The highest BCUT2D eigenvalue weighted by atomic mass is 35.5. The summed E-state index contributed by atoms with van der Waals surface area (Å²) in [5.74, 6) is -0.115. The van der Waals surface area contributed by atoms with Crippen LogP contribution < -0.4 is 0 Å². The van der Waals surface area contributed by atoms with Gasteiger partial charge in [0, 0.05) is 5.02 Å². The van der Waals surface area contributed by atoms with E-state index in [-0.39, 0.29) is 11.7 Å². The maximum Gasteiger partial charge on any atom is 0.316 e. The van der Waals surface area contributed by atoms with Crippen molar-refractivity contribution in [2.45, 2.75) is 12.1 Å². The Morgan fingerprint density at radius 3 is 3.00 bits per heavy atom. The Balaban J connectivity index is 2.23. The van der Waals surface area contributed by atoms with Crippen molar-refractivity contribution in [1.29, 1.82) is 0 Å². The summed E-state index contributed by atoms with van der Waals surface area (Å²) in [5, 5.41) is 9.12. The monoisotopic (exact) mass is 297 g/mol. The Morgan fingerprint density at radius 1 is 1.53 bits per heavy atom. The lowest BCUT2D eigenvalue weighted by Crippen LogP contribution is -2.04. The number of hydrogen-bond acceptors (Lipinski definition) is 5. The van der Waals surface area contributed by atoms with Crippen LogP contribution >= 0.6 is 23.4 Å². The third-order valence-electron chi connectivity index (χ3n) is 2.50. The fourth-order valence-corrected chi connectivity index (χ4v) is 2.35. The number of carbonyl (C=O) groups excluding carboxylic acids is 1. The molecule has 0 radical (unpaired) electrons.